The van der Waals surface area contributed by atoms with Crippen LogP contribution in [0.4, 0.5) is 39.1 Å². The Hall–Kier alpha value is -3.28. The van der Waals surface area contributed by atoms with Gasteiger partial charge in [-0.3, -0.25) is 14.5 Å². The van der Waals surface area contributed by atoms with Gasteiger partial charge in [-0.15, -0.1) is 0 Å². The number of amides is 2. The summed E-state index contributed by atoms with van der Waals surface area (Å²) in [4.78, 5) is 43.2. The lowest BCUT2D eigenvalue weighted by molar-refractivity contribution is -0.137. The average molecular weight is 535 g/mol. The highest BCUT2D eigenvalue weighted by molar-refractivity contribution is 6.34. The third kappa shape index (κ3) is 6.10. The van der Waals surface area contributed by atoms with E-state index in [1.54, 1.807) is 6.92 Å². The van der Waals surface area contributed by atoms with Gasteiger partial charge in [-0.25, -0.2) is 13.8 Å². The maximum atomic E-state index is 15.0. The Morgan fingerprint density at radius 2 is 1.78 bits per heavy atom. The summed E-state index contributed by atoms with van der Waals surface area (Å²) >= 11 is 6.10. The van der Waals surface area contributed by atoms with Crippen molar-refractivity contribution in [2.75, 3.05) is 35.3 Å². The number of halogens is 6. The molecule has 7 nitrogen and oxygen atoms in total. The summed E-state index contributed by atoms with van der Waals surface area (Å²) in [5.41, 5.74) is -1.90. The van der Waals surface area contributed by atoms with Crippen molar-refractivity contribution in [3.8, 4) is 0 Å². The number of aromatic nitrogens is 1. The minimum Gasteiger partial charge on any atom is -0.365 e. The van der Waals surface area contributed by atoms with Crippen molar-refractivity contribution in [3.63, 3.8) is 0 Å². The molecule has 2 rings (SSSR count). The second kappa shape index (κ2) is 11.6. The van der Waals surface area contributed by atoms with Gasteiger partial charge < -0.3 is 14.6 Å². The van der Waals surface area contributed by atoms with E-state index in [-0.39, 0.29) is 35.8 Å². The molecule has 196 valence electrons. The minimum absolute atomic E-state index is 0.0386. The second-order valence-corrected chi connectivity index (χ2v) is 8.37. The van der Waals surface area contributed by atoms with E-state index in [0.29, 0.717) is 24.8 Å². The number of aldehydes is 1. The van der Waals surface area contributed by atoms with Gasteiger partial charge in [0.1, 0.15) is 23.8 Å². The number of alkyl halides is 3. The summed E-state index contributed by atoms with van der Waals surface area (Å²) in [6.07, 6.45) is -3.83. The maximum absolute atomic E-state index is 15.0. The monoisotopic (exact) mass is 534 g/mol. The summed E-state index contributed by atoms with van der Waals surface area (Å²) in [7, 11) is 2.47. The second-order valence-electron chi connectivity index (χ2n) is 7.97. The normalized spacial score (nSPS) is 12.2. The van der Waals surface area contributed by atoms with Crippen molar-refractivity contribution in [1.82, 2.24) is 4.98 Å². The number of hydrogen-bond donors (Lipinski definition) is 0. The summed E-state index contributed by atoms with van der Waals surface area (Å²) in [6.45, 7) is 2.69. The van der Waals surface area contributed by atoms with Gasteiger partial charge in [0.2, 0.25) is 12.3 Å². The molecule has 0 aliphatic rings. The number of carbonyl (C=O) groups is 3. The molecule has 0 bridgehead atoms. The lowest BCUT2D eigenvalue weighted by atomic mass is 10.1. The Kier molecular flexibility index (Phi) is 9.36. The number of pyridine rings is 1. The molecule has 13 heteroatoms. The Morgan fingerprint density at radius 1 is 1.14 bits per heavy atom. The standard InChI is InChI=1S/C23H24ClF5N4O3/c1-5-6-17(33(12-35)18-10-14(23(27,28)29)9-13(2)30-18)22(36)32(4)21-19(26)16(25)11-15(24)20(21)31(3)7-8-34/h8-12,17H,5-7H2,1-4H3. The predicted octanol–water partition coefficient (Wildman–Crippen LogP) is 4.77. The highest BCUT2D eigenvalue weighted by atomic mass is 35.5. The summed E-state index contributed by atoms with van der Waals surface area (Å²) in [6, 6.07) is 0.680. The molecule has 2 amide bonds. The van der Waals surface area contributed by atoms with Crippen LogP contribution in [0.15, 0.2) is 18.2 Å². The largest absolute Gasteiger partial charge is 0.416 e. The average Bonchev–Trinajstić information content (AvgIpc) is 2.79. The fourth-order valence-corrected chi connectivity index (χ4v) is 4.00. The zero-order chi connectivity index (χ0) is 27.4. The summed E-state index contributed by atoms with van der Waals surface area (Å²) in [5.74, 6) is -4.19. The van der Waals surface area contributed by atoms with Crippen molar-refractivity contribution in [2.24, 2.45) is 0 Å². The van der Waals surface area contributed by atoms with Gasteiger partial charge in [0.05, 0.1) is 22.8 Å². The minimum atomic E-state index is -4.74. The Labute approximate surface area is 209 Å². The van der Waals surface area contributed by atoms with Gasteiger partial charge in [-0.05, 0) is 31.5 Å². The molecule has 0 radical (unpaired) electrons. The van der Waals surface area contributed by atoms with Crippen LogP contribution in [-0.4, -0.2) is 50.3 Å². The van der Waals surface area contributed by atoms with Crippen LogP contribution in [0.3, 0.4) is 0 Å². The molecule has 36 heavy (non-hydrogen) atoms. The number of likely N-dealkylation sites (N-methyl/N-ethyl adjacent to an activating group) is 2. The fraction of sp³-hybridized carbons (Fsp3) is 0.391. The highest BCUT2D eigenvalue weighted by Gasteiger charge is 2.36. The lowest BCUT2D eigenvalue weighted by Crippen LogP contribution is -2.48. The van der Waals surface area contributed by atoms with E-state index < -0.39 is 46.8 Å². The van der Waals surface area contributed by atoms with Crippen LogP contribution in [0.1, 0.15) is 31.0 Å². The Morgan fingerprint density at radius 3 is 2.31 bits per heavy atom. The first kappa shape index (κ1) is 29.0. The van der Waals surface area contributed by atoms with Gasteiger partial charge in [0.15, 0.2) is 11.6 Å². The number of rotatable bonds is 10. The van der Waals surface area contributed by atoms with E-state index in [1.807, 2.05) is 0 Å². The van der Waals surface area contributed by atoms with Crippen molar-refractivity contribution in [1.29, 1.82) is 0 Å². The molecule has 0 saturated carbocycles. The third-order valence-electron chi connectivity index (χ3n) is 5.35. The molecule has 0 saturated heterocycles. The van der Waals surface area contributed by atoms with E-state index >= 15 is 0 Å². The van der Waals surface area contributed by atoms with Crippen LogP contribution in [0.25, 0.3) is 0 Å². The highest BCUT2D eigenvalue weighted by Crippen LogP contribution is 2.40. The first-order chi connectivity index (χ1) is 16.8. The molecule has 1 atom stereocenters. The Bertz CT molecular complexity index is 1150. The van der Waals surface area contributed by atoms with Crippen LogP contribution in [0.2, 0.25) is 5.02 Å². The van der Waals surface area contributed by atoms with Crippen LogP contribution in [-0.2, 0) is 20.6 Å². The fourth-order valence-electron chi connectivity index (χ4n) is 3.67. The quantitative estimate of drug-likeness (QED) is 0.249. The zero-order valence-corrected chi connectivity index (χ0v) is 20.6. The number of carbonyl (C=O) groups excluding carboxylic acids is 3. The van der Waals surface area contributed by atoms with Gasteiger partial charge in [-0.1, -0.05) is 24.9 Å². The SMILES string of the molecule is CCCC(C(=O)N(C)c1c(F)c(F)cc(Cl)c1N(C)CC=O)N(C=O)c1cc(C(F)(F)F)cc(C)n1. The zero-order valence-electron chi connectivity index (χ0n) is 19.9. The molecule has 2 aromatic rings. The van der Waals surface area contributed by atoms with Crippen LogP contribution < -0.4 is 14.7 Å². The summed E-state index contributed by atoms with van der Waals surface area (Å²) in [5, 5.41) is -0.289. The van der Waals surface area contributed by atoms with Crippen molar-refractivity contribution < 1.29 is 36.3 Å². The number of anilines is 3. The predicted molar refractivity (Wildman–Crippen MR) is 125 cm³/mol. The molecule has 0 aliphatic heterocycles. The van der Waals surface area contributed by atoms with Gasteiger partial charge in [0, 0.05) is 19.8 Å². The van der Waals surface area contributed by atoms with Crippen molar-refractivity contribution >= 4 is 47.4 Å². The van der Waals surface area contributed by atoms with E-state index in [2.05, 4.69) is 4.98 Å². The van der Waals surface area contributed by atoms with E-state index in [9.17, 15) is 36.3 Å². The smallest absolute Gasteiger partial charge is 0.365 e. The third-order valence-corrected chi connectivity index (χ3v) is 5.63. The Balaban J connectivity index is 2.65. The van der Waals surface area contributed by atoms with Crippen LogP contribution in [0.5, 0.6) is 0 Å². The van der Waals surface area contributed by atoms with Crippen molar-refractivity contribution in [2.45, 2.75) is 38.9 Å². The van der Waals surface area contributed by atoms with E-state index in [0.717, 1.165) is 22.9 Å². The van der Waals surface area contributed by atoms with E-state index in [4.69, 9.17) is 11.6 Å². The molecule has 0 spiro atoms. The molecule has 0 aliphatic carbocycles. The number of benzene rings is 1. The molecular formula is C23H24ClF5N4O3. The summed E-state index contributed by atoms with van der Waals surface area (Å²) < 4.78 is 69.3. The molecule has 0 fully saturated rings. The first-order valence-electron chi connectivity index (χ1n) is 10.7. The van der Waals surface area contributed by atoms with Crippen molar-refractivity contribution in [3.05, 3.63) is 46.1 Å². The molecule has 1 aromatic heterocycles. The molecule has 1 unspecified atom stereocenters. The van der Waals surface area contributed by atoms with Gasteiger partial charge in [0.25, 0.3) is 0 Å². The molecular weight excluding hydrogens is 511 g/mol. The number of nitrogens with zero attached hydrogens (tertiary/aromatic N) is 4. The number of aryl methyl sites for hydroxylation is 1. The van der Waals surface area contributed by atoms with Gasteiger partial charge in [-0.2, -0.15) is 13.2 Å². The molecule has 0 N–H and O–H groups in total. The molecule has 1 aromatic carbocycles. The first-order valence-corrected chi connectivity index (χ1v) is 11.1. The van der Waals surface area contributed by atoms with Gasteiger partial charge >= 0.3 is 6.18 Å². The molecule has 1 heterocycles. The lowest BCUT2D eigenvalue weighted by Gasteiger charge is -2.33. The number of hydrogen-bond acceptors (Lipinski definition) is 5. The van der Waals surface area contributed by atoms with Crippen LogP contribution in [0, 0.1) is 18.6 Å². The van der Waals surface area contributed by atoms with Crippen LogP contribution >= 0.6 is 11.6 Å². The topological polar surface area (TPSA) is 73.8 Å². The van der Waals surface area contributed by atoms with E-state index in [1.165, 1.54) is 18.9 Å². The maximum Gasteiger partial charge on any atom is 0.416 e.